The molecule has 0 aliphatic rings. The van der Waals surface area contributed by atoms with Crippen molar-refractivity contribution >= 4 is 11.7 Å². The normalized spacial score (nSPS) is 10.2. The quantitative estimate of drug-likeness (QED) is 0.784. The highest BCUT2D eigenvalue weighted by Gasteiger charge is 2.15. The molecular weight excluding hydrogens is 208 g/mol. The van der Waals surface area contributed by atoms with Crippen molar-refractivity contribution in [1.29, 1.82) is 0 Å². The molecule has 1 aromatic heterocycles. The fraction of sp³-hybridized carbons (Fsp3) is 0.455. The summed E-state index contributed by atoms with van der Waals surface area (Å²) in [5.41, 5.74) is 6.20. The highest BCUT2D eigenvalue weighted by Crippen LogP contribution is 2.19. The molecule has 0 aliphatic heterocycles. The Balaban J connectivity index is 2.93. The number of ether oxygens (including phenoxy) is 2. The number of esters is 1. The predicted octanol–water partition coefficient (Wildman–Crippen LogP) is 1.49. The van der Waals surface area contributed by atoms with Crippen molar-refractivity contribution in [1.82, 2.24) is 4.98 Å². The van der Waals surface area contributed by atoms with Crippen LogP contribution in [0, 0.1) is 5.92 Å². The zero-order valence-electron chi connectivity index (χ0n) is 9.69. The Labute approximate surface area is 94.6 Å². The number of hydrogen-bond acceptors (Lipinski definition) is 5. The molecule has 0 bridgehead atoms. The highest BCUT2D eigenvalue weighted by atomic mass is 16.5. The highest BCUT2D eigenvalue weighted by molar-refractivity contribution is 5.92. The fourth-order valence-electron chi connectivity index (χ4n) is 1.09. The van der Waals surface area contributed by atoms with Crippen molar-refractivity contribution in [3.63, 3.8) is 0 Å². The van der Waals surface area contributed by atoms with Crippen molar-refractivity contribution in [2.45, 2.75) is 13.8 Å². The number of carbonyl (C=O) groups excluding carboxylic acids is 1. The maximum absolute atomic E-state index is 11.4. The van der Waals surface area contributed by atoms with Crippen molar-refractivity contribution in [2.24, 2.45) is 5.92 Å². The maximum Gasteiger partial charge on any atom is 0.343 e. The average molecular weight is 224 g/mol. The van der Waals surface area contributed by atoms with Gasteiger partial charge in [0.15, 0.2) is 0 Å². The summed E-state index contributed by atoms with van der Waals surface area (Å²) in [5.74, 6) is 0.109. The van der Waals surface area contributed by atoms with Gasteiger partial charge in [0.05, 0.1) is 25.6 Å². The Morgan fingerprint density at radius 1 is 1.56 bits per heavy atom. The third kappa shape index (κ3) is 3.12. The smallest absolute Gasteiger partial charge is 0.343 e. The van der Waals surface area contributed by atoms with Crippen LogP contribution in [0.15, 0.2) is 12.3 Å². The summed E-state index contributed by atoms with van der Waals surface area (Å²) in [5, 5.41) is 0. The molecule has 0 fully saturated rings. The van der Waals surface area contributed by atoms with E-state index >= 15 is 0 Å². The first-order valence-corrected chi connectivity index (χ1v) is 5.01. The summed E-state index contributed by atoms with van der Waals surface area (Å²) in [6, 6.07) is 1.49. The molecular formula is C11H16N2O3. The standard InChI is InChI=1S/C11H16N2O3/c1-7(2)6-16-10-9(11(14)15-3)4-8(12)5-13-10/h4-5,7H,6,12H2,1-3H3. The second-order valence-corrected chi connectivity index (χ2v) is 3.82. The zero-order valence-corrected chi connectivity index (χ0v) is 9.69. The number of anilines is 1. The van der Waals surface area contributed by atoms with Crippen LogP contribution in [0.2, 0.25) is 0 Å². The van der Waals surface area contributed by atoms with E-state index < -0.39 is 5.97 Å². The Morgan fingerprint density at radius 2 is 2.25 bits per heavy atom. The van der Waals surface area contributed by atoms with Crippen molar-refractivity contribution in [3.05, 3.63) is 17.8 Å². The molecule has 0 spiro atoms. The van der Waals surface area contributed by atoms with Gasteiger partial charge in [0, 0.05) is 0 Å². The van der Waals surface area contributed by atoms with E-state index in [1.54, 1.807) is 0 Å². The molecule has 0 unspecified atom stereocenters. The molecule has 2 N–H and O–H groups in total. The van der Waals surface area contributed by atoms with Crippen LogP contribution in [0.5, 0.6) is 5.88 Å². The number of nitrogens with two attached hydrogens (primary N) is 1. The van der Waals surface area contributed by atoms with Crippen LogP contribution in [0.4, 0.5) is 5.69 Å². The number of nitrogen functional groups attached to an aromatic ring is 1. The van der Waals surface area contributed by atoms with E-state index in [0.29, 0.717) is 18.2 Å². The molecule has 0 amide bonds. The van der Waals surface area contributed by atoms with Crippen LogP contribution in [0.25, 0.3) is 0 Å². The summed E-state index contributed by atoms with van der Waals surface area (Å²) in [7, 11) is 1.30. The number of hydrogen-bond donors (Lipinski definition) is 1. The number of nitrogens with zero attached hydrogens (tertiary/aromatic N) is 1. The van der Waals surface area contributed by atoms with Gasteiger partial charge in [-0.25, -0.2) is 9.78 Å². The zero-order chi connectivity index (χ0) is 12.1. The van der Waals surface area contributed by atoms with Gasteiger partial charge in [0.25, 0.3) is 0 Å². The molecule has 88 valence electrons. The van der Waals surface area contributed by atoms with E-state index in [-0.39, 0.29) is 11.4 Å². The van der Waals surface area contributed by atoms with E-state index in [2.05, 4.69) is 9.72 Å². The van der Waals surface area contributed by atoms with Crippen LogP contribution in [0.3, 0.4) is 0 Å². The first kappa shape index (κ1) is 12.3. The van der Waals surface area contributed by atoms with Crippen LogP contribution in [-0.2, 0) is 4.74 Å². The Morgan fingerprint density at radius 3 is 2.81 bits per heavy atom. The van der Waals surface area contributed by atoms with E-state index in [4.69, 9.17) is 10.5 Å². The second-order valence-electron chi connectivity index (χ2n) is 3.82. The van der Waals surface area contributed by atoms with Gasteiger partial charge in [0.1, 0.15) is 5.56 Å². The largest absolute Gasteiger partial charge is 0.477 e. The van der Waals surface area contributed by atoms with Gasteiger partial charge in [-0.3, -0.25) is 0 Å². The van der Waals surface area contributed by atoms with Gasteiger partial charge in [-0.2, -0.15) is 0 Å². The molecule has 0 aliphatic carbocycles. The van der Waals surface area contributed by atoms with Gasteiger partial charge < -0.3 is 15.2 Å². The van der Waals surface area contributed by atoms with Crippen LogP contribution in [-0.4, -0.2) is 24.7 Å². The Kier molecular flexibility index (Phi) is 4.10. The molecule has 5 heteroatoms. The molecule has 0 aromatic carbocycles. The average Bonchev–Trinajstić information content (AvgIpc) is 2.26. The van der Waals surface area contributed by atoms with Gasteiger partial charge in [-0.1, -0.05) is 13.8 Å². The Bertz CT molecular complexity index is 377. The summed E-state index contributed by atoms with van der Waals surface area (Å²) >= 11 is 0. The van der Waals surface area contributed by atoms with E-state index in [1.165, 1.54) is 19.4 Å². The number of methoxy groups -OCH3 is 1. The molecule has 1 heterocycles. The van der Waals surface area contributed by atoms with Gasteiger partial charge in [-0.05, 0) is 12.0 Å². The van der Waals surface area contributed by atoms with Crippen LogP contribution < -0.4 is 10.5 Å². The Hall–Kier alpha value is -1.78. The maximum atomic E-state index is 11.4. The monoisotopic (exact) mass is 224 g/mol. The van der Waals surface area contributed by atoms with Gasteiger partial charge in [0.2, 0.25) is 5.88 Å². The summed E-state index contributed by atoms with van der Waals surface area (Å²) in [6.07, 6.45) is 1.45. The summed E-state index contributed by atoms with van der Waals surface area (Å²) < 4.78 is 10.0. The lowest BCUT2D eigenvalue weighted by atomic mass is 10.2. The fourth-order valence-corrected chi connectivity index (χ4v) is 1.09. The van der Waals surface area contributed by atoms with Crippen LogP contribution >= 0.6 is 0 Å². The third-order valence-corrected chi connectivity index (χ3v) is 1.83. The first-order valence-electron chi connectivity index (χ1n) is 5.01. The predicted molar refractivity (Wildman–Crippen MR) is 60.3 cm³/mol. The van der Waals surface area contributed by atoms with Gasteiger partial charge >= 0.3 is 5.97 Å². The van der Waals surface area contributed by atoms with Crippen molar-refractivity contribution in [2.75, 3.05) is 19.5 Å². The molecule has 1 aromatic rings. The number of carbonyl (C=O) groups is 1. The lowest BCUT2D eigenvalue weighted by Crippen LogP contribution is -2.11. The SMILES string of the molecule is COC(=O)c1cc(N)cnc1OCC(C)C. The minimum absolute atomic E-state index is 0.253. The van der Waals surface area contributed by atoms with Crippen molar-refractivity contribution in [3.8, 4) is 5.88 Å². The minimum atomic E-state index is -0.501. The lowest BCUT2D eigenvalue weighted by Gasteiger charge is -2.11. The number of pyridine rings is 1. The first-order chi connectivity index (χ1) is 7.54. The molecule has 16 heavy (non-hydrogen) atoms. The molecule has 0 radical (unpaired) electrons. The third-order valence-electron chi connectivity index (χ3n) is 1.83. The second kappa shape index (κ2) is 5.34. The van der Waals surface area contributed by atoms with E-state index in [1.807, 2.05) is 13.8 Å². The molecule has 0 atom stereocenters. The van der Waals surface area contributed by atoms with E-state index in [9.17, 15) is 4.79 Å². The number of aromatic nitrogens is 1. The topological polar surface area (TPSA) is 74.4 Å². The van der Waals surface area contributed by atoms with Crippen molar-refractivity contribution < 1.29 is 14.3 Å². The summed E-state index contributed by atoms with van der Waals surface area (Å²) in [6.45, 7) is 4.51. The lowest BCUT2D eigenvalue weighted by molar-refractivity contribution is 0.0594. The molecule has 0 saturated heterocycles. The molecule has 0 saturated carbocycles. The van der Waals surface area contributed by atoms with Crippen LogP contribution in [0.1, 0.15) is 24.2 Å². The minimum Gasteiger partial charge on any atom is -0.477 e. The summed E-state index contributed by atoms with van der Waals surface area (Å²) in [4.78, 5) is 15.4. The number of rotatable bonds is 4. The van der Waals surface area contributed by atoms with Gasteiger partial charge in [-0.15, -0.1) is 0 Å². The van der Waals surface area contributed by atoms with E-state index in [0.717, 1.165) is 0 Å². The molecule has 1 rings (SSSR count). The molecule has 5 nitrogen and oxygen atoms in total.